The smallest absolute Gasteiger partial charge is 0.323 e. The topological polar surface area (TPSA) is 117 Å². The van der Waals surface area contributed by atoms with Gasteiger partial charge in [0.25, 0.3) is 11.8 Å². The molecule has 4 amide bonds. The number of benzene rings is 3. The molecule has 4 rings (SSSR count). The van der Waals surface area contributed by atoms with E-state index >= 15 is 0 Å². The first-order valence-electron chi connectivity index (χ1n) is 11.7. The lowest BCUT2D eigenvalue weighted by molar-refractivity contribution is -0.128. The molecule has 3 aromatic rings. The molecule has 4 N–H and O–H groups in total. The molecule has 9 nitrogen and oxygen atoms in total. The number of amides is 4. The van der Waals surface area contributed by atoms with Crippen molar-refractivity contribution < 1.29 is 19.1 Å². The molecular formula is C27H28ClN5O4. The molecule has 1 aliphatic rings. The molecule has 3 aromatic carbocycles. The fraction of sp³-hybridized carbons (Fsp3) is 0.222. The number of nitrogens with zero attached hydrogens (tertiary/aromatic N) is 2. The quantitative estimate of drug-likeness (QED) is 0.440. The van der Waals surface area contributed by atoms with Crippen molar-refractivity contribution in [2.45, 2.75) is 19.3 Å². The Morgan fingerprint density at radius 1 is 0.973 bits per heavy atom. The minimum Gasteiger partial charge on any atom is -0.497 e. The molecule has 0 saturated carbocycles. The SMILES string of the molecule is COc1cccc(C(=O)N2CCN(C(=O)Nc3ccc(Cl)cc3)C2C(=O)NCc2cccc(CN)c2)c1. The largest absolute Gasteiger partial charge is 0.497 e. The maximum absolute atomic E-state index is 13.5. The van der Waals surface area contributed by atoms with Crippen LogP contribution in [-0.2, 0) is 17.9 Å². The number of carbonyl (C=O) groups excluding carboxylic acids is 3. The number of ether oxygens (including phenoxy) is 1. The van der Waals surface area contributed by atoms with Gasteiger partial charge in [-0.05, 0) is 53.6 Å². The predicted molar refractivity (Wildman–Crippen MR) is 141 cm³/mol. The summed E-state index contributed by atoms with van der Waals surface area (Å²) in [5, 5.41) is 6.18. The first-order valence-corrected chi connectivity index (χ1v) is 12.1. The van der Waals surface area contributed by atoms with E-state index in [9.17, 15) is 14.4 Å². The molecular weight excluding hydrogens is 494 g/mol. The summed E-state index contributed by atoms with van der Waals surface area (Å²) in [6.45, 7) is 0.962. The third-order valence-electron chi connectivity index (χ3n) is 6.03. The Kier molecular flexibility index (Phi) is 8.27. The molecule has 0 spiro atoms. The van der Waals surface area contributed by atoms with Gasteiger partial charge in [0.2, 0.25) is 0 Å². The van der Waals surface area contributed by atoms with Crippen LogP contribution in [0, 0.1) is 0 Å². The van der Waals surface area contributed by atoms with Crippen LogP contribution in [0.2, 0.25) is 5.02 Å². The standard InChI is InChI=1S/C27H28ClN5O4/c1-37-23-7-3-6-20(15-23)26(35)32-12-13-33(27(36)31-22-10-8-21(28)9-11-22)25(32)24(34)30-17-19-5-2-4-18(14-19)16-29/h2-11,14-15,25H,12-13,16-17,29H2,1H3,(H,30,34)(H,31,36). The molecule has 0 bridgehead atoms. The van der Waals surface area contributed by atoms with Crippen molar-refractivity contribution in [1.82, 2.24) is 15.1 Å². The van der Waals surface area contributed by atoms with Crippen LogP contribution in [0.1, 0.15) is 21.5 Å². The van der Waals surface area contributed by atoms with Gasteiger partial charge in [0, 0.05) is 42.5 Å². The summed E-state index contributed by atoms with van der Waals surface area (Å²) >= 11 is 5.94. The third-order valence-corrected chi connectivity index (χ3v) is 6.29. The monoisotopic (exact) mass is 521 g/mol. The van der Waals surface area contributed by atoms with Crippen LogP contribution in [0.4, 0.5) is 10.5 Å². The van der Waals surface area contributed by atoms with E-state index in [2.05, 4.69) is 10.6 Å². The van der Waals surface area contributed by atoms with E-state index in [1.165, 1.54) is 16.9 Å². The number of nitrogens with one attached hydrogen (secondary N) is 2. The fourth-order valence-electron chi connectivity index (χ4n) is 4.13. The van der Waals surface area contributed by atoms with Gasteiger partial charge in [-0.25, -0.2) is 4.79 Å². The highest BCUT2D eigenvalue weighted by molar-refractivity contribution is 6.30. The van der Waals surface area contributed by atoms with Crippen molar-refractivity contribution in [2.75, 3.05) is 25.5 Å². The highest BCUT2D eigenvalue weighted by atomic mass is 35.5. The average Bonchev–Trinajstić information content (AvgIpc) is 3.38. The zero-order valence-corrected chi connectivity index (χ0v) is 21.1. The highest BCUT2D eigenvalue weighted by Gasteiger charge is 2.43. The number of hydrogen-bond acceptors (Lipinski definition) is 5. The van der Waals surface area contributed by atoms with Gasteiger partial charge in [-0.3, -0.25) is 14.5 Å². The predicted octanol–water partition coefficient (Wildman–Crippen LogP) is 3.44. The zero-order valence-electron chi connectivity index (χ0n) is 20.3. The average molecular weight is 522 g/mol. The second kappa shape index (κ2) is 11.8. The van der Waals surface area contributed by atoms with Gasteiger partial charge in [0.1, 0.15) is 5.75 Å². The van der Waals surface area contributed by atoms with Crippen molar-refractivity contribution in [2.24, 2.45) is 5.73 Å². The second-order valence-electron chi connectivity index (χ2n) is 8.48. The first kappa shape index (κ1) is 26.0. The molecule has 0 radical (unpaired) electrons. The molecule has 1 aliphatic heterocycles. The van der Waals surface area contributed by atoms with Crippen LogP contribution < -0.4 is 21.1 Å². The van der Waals surface area contributed by atoms with Gasteiger partial charge in [-0.15, -0.1) is 0 Å². The molecule has 1 atom stereocenters. The van der Waals surface area contributed by atoms with E-state index in [0.717, 1.165) is 11.1 Å². The molecule has 10 heteroatoms. The summed E-state index contributed by atoms with van der Waals surface area (Å²) in [5.74, 6) is -0.340. The Balaban J connectivity index is 1.57. The summed E-state index contributed by atoms with van der Waals surface area (Å²) in [7, 11) is 1.51. The number of methoxy groups -OCH3 is 1. The fourth-order valence-corrected chi connectivity index (χ4v) is 4.26. The number of anilines is 1. The number of urea groups is 1. The first-order chi connectivity index (χ1) is 17.9. The molecule has 1 heterocycles. The molecule has 1 fully saturated rings. The second-order valence-corrected chi connectivity index (χ2v) is 8.91. The lowest BCUT2D eigenvalue weighted by Crippen LogP contribution is -2.54. The number of nitrogens with two attached hydrogens (primary N) is 1. The van der Waals surface area contributed by atoms with E-state index in [1.54, 1.807) is 48.5 Å². The normalized spacial score (nSPS) is 14.8. The van der Waals surface area contributed by atoms with Gasteiger partial charge >= 0.3 is 6.03 Å². The third kappa shape index (κ3) is 6.19. The van der Waals surface area contributed by atoms with Gasteiger partial charge in [-0.1, -0.05) is 41.9 Å². The van der Waals surface area contributed by atoms with Crippen LogP contribution in [0.3, 0.4) is 0 Å². The van der Waals surface area contributed by atoms with Gasteiger partial charge in [0.05, 0.1) is 7.11 Å². The summed E-state index contributed by atoms with van der Waals surface area (Å²) in [4.78, 5) is 42.9. The van der Waals surface area contributed by atoms with Crippen molar-refractivity contribution in [3.63, 3.8) is 0 Å². The highest BCUT2D eigenvalue weighted by Crippen LogP contribution is 2.23. The summed E-state index contributed by atoms with van der Waals surface area (Å²) < 4.78 is 5.24. The number of halogens is 1. The summed E-state index contributed by atoms with van der Waals surface area (Å²) in [6.07, 6.45) is -1.15. The van der Waals surface area contributed by atoms with Crippen molar-refractivity contribution >= 4 is 35.1 Å². The van der Waals surface area contributed by atoms with Gasteiger partial charge < -0.3 is 26.0 Å². The summed E-state index contributed by atoms with van der Waals surface area (Å²) in [5.41, 5.74) is 8.39. The number of rotatable bonds is 7. The van der Waals surface area contributed by atoms with E-state index < -0.39 is 18.1 Å². The molecule has 192 valence electrons. The van der Waals surface area contributed by atoms with Gasteiger partial charge in [-0.2, -0.15) is 0 Å². The van der Waals surface area contributed by atoms with Crippen molar-refractivity contribution in [1.29, 1.82) is 0 Å². The van der Waals surface area contributed by atoms with Crippen LogP contribution in [0.15, 0.2) is 72.8 Å². The minimum absolute atomic E-state index is 0.176. The van der Waals surface area contributed by atoms with Crippen LogP contribution in [0.25, 0.3) is 0 Å². The summed E-state index contributed by atoms with van der Waals surface area (Å²) in [6, 6.07) is 20.3. The van der Waals surface area contributed by atoms with Crippen molar-refractivity contribution in [3.8, 4) is 5.75 Å². The number of hydrogen-bond donors (Lipinski definition) is 3. The molecule has 37 heavy (non-hydrogen) atoms. The van der Waals surface area contributed by atoms with Crippen LogP contribution >= 0.6 is 11.6 Å². The van der Waals surface area contributed by atoms with Crippen molar-refractivity contribution in [3.05, 3.63) is 94.5 Å². The van der Waals surface area contributed by atoms with E-state index in [-0.39, 0.29) is 25.5 Å². The Morgan fingerprint density at radius 3 is 2.41 bits per heavy atom. The zero-order chi connectivity index (χ0) is 26.4. The van der Waals surface area contributed by atoms with E-state index in [4.69, 9.17) is 22.1 Å². The maximum atomic E-state index is 13.5. The van der Waals surface area contributed by atoms with Crippen LogP contribution in [0.5, 0.6) is 5.75 Å². The van der Waals surface area contributed by atoms with Gasteiger partial charge in [0.15, 0.2) is 6.17 Å². The Hall–Kier alpha value is -4.08. The maximum Gasteiger partial charge on any atom is 0.323 e. The van der Waals surface area contributed by atoms with E-state index in [1.807, 2.05) is 24.3 Å². The lowest BCUT2D eigenvalue weighted by Gasteiger charge is -2.29. The minimum atomic E-state index is -1.15. The number of carbonyl (C=O) groups is 3. The Labute approximate surface area is 220 Å². The molecule has 0 aliphatic carbocycles. The Morgan fingerprint density at radius 2 is 1.68 bits per heavy atom. The van der Waals surface area contributed by atoms with Crippen LogP contribution in [-0.4, -0.2) is 54.0 Å². The molecule has 0 aromatic heterocycles. The lowest BCUT2D eigenvalue weighted by atomic mass is 10.1. The molecule has 1 saturated heterocycles. The van der Waals surface area contributed by atoms with E-state index in [0.29, 0.717) is 28.6 Å². The molecule has 1 unspecified atom stereocenters. The Bertz CT molecular complexity index is 1280.